The van der Waals surface area contributed by atoms with E-state index in [0.717, 1.165) is 5.82 Å². The number of nitrogens with two attached hydrogens (primary N) is 1. The van der Waals surface area contributed by atoms with E-state index in [-0.39, 0.29) is 0 Å². The fourth-order valence-corrected chi connectivity index (χ4v) is 4.67. The SMILES string of the molecule is CCC1SCCSC1c1nccc(N)n1. The Morgan fingerprint density at radius 2 is 2.27 bits per heavy atom. The molecule has 2 atom stereocenters. The molecule has 0 saturated carbocycles. The van der Waals surface area contributed by atoms with Crippen LogP contribution in [0.4, 0.5) is 5.82 Å². The molecule has 2 unspecified atom stereocenters. The minimum absolute atomic E-state index is 0.414. The monoisotopic (exact) mass is 241 g/mol. The predicted octanol–water partition coefficient (Wildman–Crippen LogP) is 2.36. The van der Waals surface area contributed by atoms with Crippen LogP contribution in [0, 0.1) is 0 Å². The third-order valence-corrected chi connectivity index (χ3v) is 5.65. The van der Waals surface area contributed by atoms with Gasteiger partial charge in [-0.3, -0.25) is 0 Å². The van der Waals surface area contributed by atoms with Gasteiger partial charge in [0, 0.05) is 23.0 Å². The molecule has 0 aliphatic carbocycles. The third kappa shape index (κ3) is 2.58. The highest BCUT2D eigenvalue weighted by Crippen LogP contribution is 2.42. The standard InChI is InChI=1S/C10H15N3S2/c1-2-7-9(15-6-5-14-7)10-12-4-3-8(11)13-10/h3-4,7,9H,2,5-6H2,1H3,(H2,11,12,13). The fraction of sp³-hybridized carbons (Fsp3) is 0.600. The molecule has 1 aromatic rings. The number of rotatable bonds is 2. The summed E-state index contributed by atoms with van der Waals surface area (Å²) in [5.41, 5.74) is 5.68. The van der Waals surface area contributed by atoms with Crippen LogP contribution in [0.25, 0.3) is 0 Å². The average molecular weight is 241 g/mol. The van der Waals surface area contributed by atoms with Gasteiger partial charge in [-0.15, -0.1) is 11.8 Å². The van der Waals surface area contributed by atoms with E-state index < -0.39 is 0 Å². The second kappa shape index (κ2) is 5.07. The zero-order chi connectivity index (χ0) is 10.7. The summed E-state index contributed by atoms with van der Waals surface area (Å²) in [5, 5.41) is 1.04. The number of anilines is 1. The van der Waals surface area contributed by atoms with Crippen LogP contribution in [0.3, 0.4) is 0 Å². The van der Waals surface area contributed by atoms with Gasteiger partial charge in [0.25, 0.3) is 0 Å². The number of hydrogen-bond acceptors (Lipinski definition) is 5. The molecule has 15 heavy (non-hydrogen) atoms. The maximum absolute atomic E-state index is 5.68. The zero-order valence-electron chi connectivity index (χ0n) is 8.72. The van der Waals surface area contributed by atoms with Crippen LogP contribution in [0.1, 0.15) is 24.4 Å². The molecule has 1 fully saturated rings. The highest BCUT2D eigenvalue weighted by Gasteiger charge is 2.28. The van der Waals surface area contributed by atoms with Crippen LogP contribution in [0.15, 0.2) is 12.3 Å². The van der Waals surface area contributed by atoms with Crippen molar-refractivity contribution < 1.29 is 0 Å². The maximum atomic E-state index is 5.68. The molecule has 0 radical (unpaired) electrons. The van der Waals surface area contributed by atoms with E-state index in [1.165, 1.54) is 17.9 Å². The topological polar surface area (TPSA) is 51.8 Å². The number of nitrogens with zero attached hydrogens (tertiary/aromatic N) is 2. The van der Waals surface area contributed by atoms with Crippen molar-refractivity contribution in [2.24, 2.45) is 0 Å². The molecular weight excluding hydrogens is 226 g/mol. The van der Waals surface area contributed by atoms with Crippen LogP contribution < -0.4 is 5.73 Å². The summed E-state index contributed by atoms with van der Waals surface area (Å²) in [6.07, 6.45) is 2.92. The lowest BCUT2D eigenvalue weighted by atomic mass is 10.2. The van der Waals surface area contributed by atoms with Crippen molar-refractivity contribution >= 4 is 29.3 Å². The van der Waals surface area contributed by atoms with Crippen LogP contribution >= 0.6 is 23.5 Å². The van der Waals surface area contributed by atoms with Crippen LogP contribution in [-0.2, 0) is 0 Å². The summed E-state index contributed by atoms with van der Waals surface area (Å²) in [6.45, 7) is 2.23. The van der Waals surface area contributed by atoms with E-state index in [4.69, 9.17) is 5.73 Å². The Morgan fingerprint density at radius 3 is 3.00 bits per heavy atom. The first-order valence-electron chi connectivity index (χ1n) is 5.13. The molecule has 2 rings (SSSR count). The van der Waals surface area contributed by atoms with Gasteiger partial charge in [0.1, 0.15) is 11.6 Å². The normalized spacial score (nSPS) is 26.5. The van der Waals surface area contributed by atoms with Crippen LogP contribution in [0.2, 0.25) is 0 Å². The van der Waals surface area contributed by atoms with Crippen LogP contribution in [-0.4, -0.2) is 26.7 Å². The molecule has 82 valence electrons. The van der Waals surface area contributed by atoms with E-state index >= 15 is 0 Å². The van der Waals surface area contributed by atoms with Gasteiger partial charge in [-0.1, -0.05) is 6.92 Å². The van der Waals surface area contributed by atoms with E-state index in [2.05, 4.69) is 16.9 Å². The van der Waals surface area contributed by atoms with Gasteiger partial charge in [-0.2, -0.15) is 11.8 Å². The number of nitrogen functional groups attached to an aromatic ring is 1. The van der Waals surface area contributed by atoms with Gasteiger partial charge >= 0.3 is 0 Å². The Morgan fingerprint density at radius 1 is 1.47 bits per heavy atom. The molecule has 0 aromatic carbocycles. The average Bonchev–Trinajstić information content (AvgIpc) is 2.29. The summed E-state index contributed by atoms with van der Waals surface area (Å²) >= 11 is 3.99. The van der Waals surface area contributed by atoms with Crippen LogP contribution in [0.5, 0.6) is 0 Å². The molecule has 5 heteroatoms. The Hall–Kier alpha value is -0.420. The lowest BCUT2D eigenvalue weighted by Gasteiger charge is -2.28. The Bertz CT molecular complexity index is 332. The first-order valence-corrected chi connectivity index (χ1v) is 7.22. The van der Waals surface area contributed by atoms with E-state index in [0.29, 0.717) is 16.3 Å². The van der Waals surface area contributed by atoms with Gasteiger partial charge in [-0.25, -0.2) is 9.97 Å². The summed E-state index contributed by atoms with van der Waals surface area (Å²) in [4.78, 5) is 8.66. The largest absolute Gasteiger partial charge is 0.384 e. The molecule has 0 spiro atoms. The van der Waals surface area contributed by atoms with Crippen molar-refractivity contribution in [1.29, 1.82) is 0 Å². The molecule has 1 aromatic heterocycles. The minimum Gasteiger partial charge on any atom is -0.384 e. The van der Waals surface area contributed by atoms with Gasteiger partial charge in [-0.05, 0) is 12.5 Å². The maximum Gasteiger partial charge on any atom is 0.144 e. The zero-order valence-corrected chi connectivity index (χ0v) is 10.4. The van der Waals surface area contributed by atoms with Crippen molar-refractivity contribution in [3.05, 3.63) is 18.1 Å². The fourth-order valence-electron chi connectivity index (χ4n) is 1.67. The molecule has 2 heterocycles. The van der Waals surface area contributed by atoms with E-state index in [9.17, 15) is 0 Å². The van der Waals surface area contributed by atoms with Gasteiger partial charge in [0.2, 0.25) is 0 Å². The highest BCUT2D eigenvalue weighted by atomic mass is 32.2. The molecule has 0 amide bonds. The van der Waals surface area contributed by atoms with Gasteiger partial charge in [0.05, 0.1) is 5.25 Å². The van der Waals surface area contributed by atoms with Crippen molar-refractivity contribution in [2.45, 2.75) is 23.8 Å². The highest BCUT2D eigenvalue weighted by molar-refractivity contribution is 8.06. The molecule has 2 N–H and O–H groups in total. The second-order valence-electron chi connectivity index (χ2n) is 3.45. The summed E-state index contributed by atoms with van der Waals surface area (Å²) in [6, 6.07) is 1.74. The number of thioether (sulfide) groups is 2. The number of hydrogen-bond donors (Lipinski definition) is 1. The summed E-state index contributed by atoms with van der Waals surface area (Å²) in [5.74, 6) is 3.90. The minimum atomic E-state index is 0.414. The molecule has 0 bridgehead atoms. The van der Waals surface area contributed by atoms with Crippen molar-refractivity contribution in [3.8, 4) is 0 Å². The van der Waals surface area contributed by atoms with Crippen molar-refractivity contribution in [3.63, 3.8) is 0 Å². The summed E-state index contributed by atoms with van der Waals surface area (Å²) < 4.78 is 0. The Labute approximate surface area is 98.6 Å². The third-order valence-electron chi connectivity index (χ3n) is 2.40. The lowest BCUT2D eigenvalue weighted by molar-refractivity contribution is 0.751. The first kappa shape index (κ1) is 11.1. The van der Waals surface area contributed by atoms with E-state index in [1.54, 1.807) is 12.3 Å². The Balaban J connectivity index is 2.20. The smallest absolute Gasteiger partial charge is 0.144 e. The first-order chi connectivity index (χ1) is 7.31. The van der Waals surface area contributed by atoms with Crippen molar-refractivity contribution in [1.82, 2.24) is 9.97 Å². The number of aromatic nitrogens is 2. The lowest BCUT2D eigenvalue weighted by Crippen LogP contribution is -2.20. The Kier molecular flexibility index (Phi) is 3.75. The predicted molar refractivity (Wildman–Crippen MR) is 68.2 cm³/mol. The second-order valence-corrected chi connectivity index (χ2v) is 6.05. The molecular formula is C10H15N3S2. The van der Waals surface area contributed by atoms with Gasteiger partial charge in [0.15, 0.2) is 0 Å². The van der Waals surface area contributed by atoms with Gasteiger partial charge < -0.3 is 5.73 Å². The van der Waals surface area contributed by atoms with Crippen molar-refractivity contribution in [2.75, 3.05) is 17.2 Å². The molecule has 1 saturated heterocycles. The van der Waals surface area contributed by atoms with E-state index in [1.807, 2.05) is 23.5 Å². The molecule has 3 nitrogen and oxygen atoms in total. The molecule has 1 aliphatic heterocycles. The molecule has 1 aliphatic rings. The summed E-state index contributed by atoms with van der Waals surface area (Å²) in [7, 11) is 0. The quantitative estimate of drug-likeness (QED) is 0.861.